The number of primary amides is 1. The lowest BCUT2D eigenvalue weighted by atomic mass is 9.92. The number of amides is 1. The van der Waals surface area contributed by atoms with Crippen molar-refractivity contribution in [1.29, 1.82) is 0 Å². The van der Waals surface area contributed by atoms with Crippen molar-refractivity contribution in [3.63, 3.8) is 0 Å². The number of fused-ring (bicyclic) bond motifs is 1. The second-order valence-corrected chi connectivity index (χ2v) is 37.4. The summed E-state index contributed by atoms with van der Waals surface area (Å²) in [6.45, 7) is 15.0. The van der Waals surface area contributed by atoms with Gasteiger partial charge in [-0.3, -0.25) is 4.79 Å². The summed E-state index contributed by atoms with van der Waals surface area (Å²) >= 11 is 0. The van der Waals surface area contributed by atoms with Crippen LogP contribution in [0.4, 0.5) is 0 Å². The van der Waals surface area contributed by atoms with E-state index in [1.54, 1.807) is 0 Å². The van der Waals surface area contributed by atoms with Crippen LogP contribution < -0.4 is 5.73 Å². The van der Waals surface area contributed by atoms with Crippen molar-refractivity contribution >= 4 is 34.3 Å². The highest BCUT2D eigenvalue weighted by atomic mass is 29.6. The molecule has 1 fully saturated rings. The van der Waals surface area contributed by atoms with Crippen molar-refractivity contribution in [3.05, 3.63) is 41.0 Å². The molecule has 0 aromatic heterocycles. The Morgan fingerprint density at radius 2 is 1.78 bits per heavy atom. The molecule has 2 nitrogen and oxygen atoms in total. The van der Waals surface area contributed by atoms with Crippen molar-refractivity contribution < 1.29 is 4.79 Å². The molecular formula is C18H29NOSi3. The third-order valence-corrected chi connectivity index (χ3v) is 51.9. The first-order valence-electron chi connectivity index (χ1n) is 8.58. The van der Waals surface area contributed by atoms with Crippen molar-refractivity contribution in [2.75, 3.05) is 0 Å². The quantitative estimate of drug-likeness (QED) is 0.802. The summed E-state index contributed by atoms with van der Waals surface area (Å²) in [6.07, 6.45) is 5.43. The summed E-state index contributed by atoms with van der Waals surface area (Å²) in [7, 11) is -4.73. The molecule has 1 amide bonds. The van der Waals surface area contributed by atoms with E-state index in [1.807, 2.05) is 0 Å². The molecule has 1 heterocycles. The largest absolute Gasteiger partial charge is 0.369 e. The van der Waals surface area contributed by atoms with Crippen LogP contribution in [0.25, 0.3) is 6.08 Å². The summed E-state index contributed by atoms with van der Waals surface area (Å²) in [5.41, 5.74) is 10.1. The average molecular weight is 360 g/mol. The molecule has 1 aromatic rings. The van der Waals surface area contributed by atoms with E-state index < -0.39 is 22.3 Å². The second kappa shape index (κ2) is 4.80. The molecule has 0 radical (unpaired) electrons. The minimum Gasteiger partial charge on any atom is -0.369 e. The van der Waals surface area contributed by atoms with E-state index in [2.05, 4.69) is 69.6 Å². The van der Waals surface area contributed by atoms with Crippen molar-refractivity contribution in [1.82, 2.24) is 0 Å². The van der Waals surface area contributed by atoms with Crippen LogP contribution in [0.1, 0.15) is 16.7 Å². The molecule has 0 saturated carbocycles. The Morgan fingerprint density at radius 1 is 1.13 bits per heavy atom. The zero-order chi connectivity index (χ0) is 17.3. The SMILES string of the molecule is C[Si]1(C)CC(C(N)=O)(c2cccc3c2C=CC3)[Si](C)(C)[Si]1(C)C. The molecule has 124 valence electrons. The second-order valence-electron chi connectivity index (χ2n) is 9.07. The summed E-state index contributed by atoms with van der Waals surface area (Å²) in [6, 6.07) is 7.59. The Hall–Kier alpha value is -0.919. The minimum absolute atomic E-state index is 0.0542. The first kappa shape index (κ1) is 16.9. The van der Waals surface area contributed by atoms with Gasteiger partial charge in [-0.2, -0.15) is 0 Å². The zero-order valence-electron chi connectivity index (χ0n) is 15.3. The fourth-order valence-electron chi connectivity index (χ4n) is 5.11. The van der Waals surface area contributed by atoms with Gasteiger partial charge in [0.15, 0.2) is 0 Å². The van der Waals surface area contributed by atoms with Gasteiger partial charge in [0.1, 0.15) is 0 Å². The van der Waals surface area contributed by atoms with Gasteiger partial charge < -0.3 is 5.73 Å². The van der Waals surface area contributed by atoms with E-state index >= 15 is 0 Å². The van der Waals surface area contributed by atoms with Crippen LogP contribution in [-0.2, 0) is 16.3 Å². The van der Waals surface area contributed by atoms with Crippen LogP contribution in [0.5, 0.6) is 0 Å². The van der Waals surface area contributed by atoms with Gasteiger partial charge in [0.2, 0.25) is 5.91 Å². The summed E-state index contributed by atoms with van der Waals surface area (Å²) < 4.78 is 0. The number of nitrogens with two attached hydrogens (primary N) is 1. The monoisotopic (exact) mass is 359 g/mol. The van der Waals surface area contributed by atoms with Crippen LogP contribution in [0.15, 0.2) is 24.3 Å². The highest BCUT2D eigenvalue weighted by Gasteiger charge is 2.72. The summed E-state index contributed by atoms with van der Waals surface area (Å²) in [4.78, 5) is 13.0. The van der Waals surface area contributed by atoms with Crippen LogP contribution in [-0.4, -0.2) is 28.2 Å². The van der Waals surface area contributed by atoms with Crippen molar-refractivity contribution in [3.8, 4) is 0 Å². The Kier molecular flexibility index (Phi) is 3.53. The highest BCUT2D eigenvalue weighted by molar-refractivity contribution is 7.71. The third kappa shape index (κ3) is 1.87. The van der Waals surface area contributed by atoms with Gasteiger partial charge in [-0.1, -0.05) is 69.6 Å². The van der Waals surface area contributed by atoms with Crippen molar-refractivity contribution in [2.24, 2.45) is 5.73 Å². The van der Waals surface area contributed by atoms with Gasteiger partial charge in [0, 0.05) is 14.7 Å². The summed E-state index contributed by atoms with van der Waals surface area (Å²) in [5, 5.41) is -0.377. The maximum atomic E-state index is 13.0. The van der Waals surface area contributed by atoms with E-state index in [0.29, 0.717) is 0 Å². The third-order valence-electron chi connectivity index (χ3n) is 7.73. The van der Waals surface area contributed by atoms with E-state index in [-0.39, 0.29) is 10.9 Å². The lowest BCUT2D eigenvalue weighted by Crippen LogP contribution is -2.70. The molecule has 1 atom stereocenters. The minimum atomic E-state index is -1.84. The molecule has 0 bridgehead atoms. The number of rotatable bonds is 2. The maximum Gasteiger partial charge on any atom is 0.224 e. The lowest BCUT2D eigenvalue weighted by Gasteiger charge is -2.46. The van der Waals surface area contributed by atoms with Crippen LogP contribution >= 0.6 is 0 Å². The van der Waals surface area contributed by atoms with Crippen molar-refractivity contribution in [2.45, 2.75) is 56.8 Å². The van der Waals surface area contributed by atoms with E-state index in [0.717, 1.165) is 12.5 Å². The number of hydrogen-bond acceptors (Lipinski definition) is 1. The topological polar surface area (TPSA) is 43.1 Å². The Morgan fingerprint density at radius 3 is 2.30 bits per heavy atom. The first-order chi connectivity index (χ1) is 10.5. The van der Waals surface area contributed by atoms with E-state index in [1.165, 1.54) is 16.7 Å². The molecule has 1 aliphatic carbocycles. The predicted octanol–water partition coefficient (Wildman–Crippen LogP) is 3.81. The standard InChI is InChI=1S/C18H29NOSi3/c1-21(2)13-18(17(19)20,22(3,4)23(21,5)6)16-12-8-10-14-9-7-11-15(14)16/h7-8,10-12H,9,13H2,1-6H3,(H2,19,20). The van der Waals surface area contributed by atoms with Crippen LogP contribution in [0.3, 0.4) is 0 Å². The molecule has 0 spiro atoms. The van der Waals surface area contributed by atoms with Crippen LogP contribution in [0.2, 0.25) is 45.3 Å². The number of allylic oxidation sites excluding steroid dienone is 1. The molecule has 3 rings (SSSR count). The number of hydrogen-bond donors (Lipinski definition) is 1. The first-order valence-corrected chi connectivity index (χ1v) is 19.8. The normalized spacial score (nSPS) is 29.5. The van der Waals surface area contributed by atoms with Gasteiger partial charge in [0.25, 0.3) is 0 Å². The molecule has 1 aliphatic heterocycles. The van der Waals surface area contributed by atoms with Crippen LogP contribution in [0, 0.1) is 0 Å². The predicted molar refractivity (Wildman–Crippen MR) is 107 cm³/mol. The molecule has 1 aromatic carbocycles. The van der Waals surface area contributed by atoms with E-state index in [4.69, 9.17) is 5.73 Å². The molecule has 23 heavy (non-hydrogen) atoms. The molecule has 1 unspecified atom stereocenters. The molecule has 2 aliphatic rings. The average Bonchev–Trinajstić information content (AvgIpc) is 2.95. The fraction of sp³-hybridized carbons (Fsp3) is 0.500. The Labute approximate surface area is 142 Å². The molecule has 5 heteroatoms. The summed E-state index contributed by atoms with van der Waals surface area (Å²) in [5.74, 6) is -0.0542. The molecular weight excluding hydrogens is 330 g/mol. The molecule has 2 N–H and O–H groups in total. The highest BCUT2D eigenvalue weighted by Crippen LogP contribution is 2.56. The number of carbonyl (C=O) groups is 1. The van der Waals surface area contributed by atoms with Gasteiger partial charge in [-0.15, -0.1) is 0 Å². The number of carbonyl (C=O) groups excluding carboxylic acids is 1. The van der Waals surface area contributed by atoms with Gasteiger partial charge in [-0.05, 0) is 29.2 Å². The Balaban J connectivity index is 2.35. The lowest BCUT2D eigenvalue weighted by molar-refractivity contribution is -0.120. The smallest absolute Gasteiger partial charge is 0.224 e. The van der Waals surface area contributed by atoms with Gasteiger partial charge >= 0.3 is 0 Å². The Bertz CT molecular complexity index is 721. The molecule has 1 saturated heterocycles. The fourth-order valence-corrected chi connectivity index (χ4v) is 45.0. The van der Waals surface area contributed by atoms with E-state index in [9.17, 15) is 4.79 Å². The zero-order valence-corrected chi connectivity index (χ0v) is 18.3. The maximum absolute atomic E-state index is 13.0. The van der Waals surface area contributed by atoms with Gasteiger partial charge in [-0.25, -0.2) is 0 Å². The van der Waals surface area contributed by atoms with Gasteiger partial charge in [0.05, 0.1) is 12.6 Å². The number of benzene rings is 1.